The minimum atomic E-state index is -0.326. The Bertz CT molecular complexity index is 1210. The number of amides is 2. The fourth-order valence-corrected chi connectivity index (χ4v) is 4.46. The van der Waals surface area contributed by atoms with Crippen molar-refractivity contribution in [2.75, 3.05) is 12.4 Å². The van der Waals surface area contributed by atoms with E-state index < -0.39 is 0 Å². The van der Waals surface area contributed by atoms with Crippen LogP contribution in [0, 0.1) is 0 Å². The summed E-state index contributed by atoms with van der Waals surface area (Å²) in [6.45, 7) is 0. The van der Waals surface area contributed by atoms with Crippen LogP contribution < -0.4 is 15.4 Å². The van der Waals surface area contributed by atoms with Crippen molar-refractivity contribution in [3.05, 3.63) is 113 Å². The summed E-state index contributed by atoms with van der Waals surface area (Å²) < 4.78 is 4.89. The maximum atomic E-state index is 12.8. The molecule has 0 aliphatic heterocycles. The highest BCUT2D eigenvalue weighted by atomic mass is 35.5. The molecule has 0 aliphatic carbocycles. The molecule has 1 unspecified atom stereocenters. The van der Waals surface area contributed by atoms with Gasteiger partial charge in [0.1, 0.15) is 5.82 Å². The summed E-state index contributed by atoms with van der Waals surface area (Å²) in [4.78, 5) is 17.4. The van der Waals surface area contributed by atoms with E-state index in [1.54, 1.807) is 6.20 Å². The molecule has 0 aliphatic rings. The molecule has 4 rings (SSSR count). The van der Waals surface area contributed by atoms with Gasteiger partial charge in [-0.15, -0.1) is 0 Å². The third-order valence-electron chi connectivity index (χ3n) is 5.30. The van der Waals surface area contributed by atoms with Crippen molar-refractivity contribution in [1.82, 2.24) is 19.6 Å². The largest absolute Gasteiger partial charge is 0.388 e. The summed E-state index contributed by atoms with van der Waals surface area (Å²) in [6.07, 6.45) is 4.28. The average Bonchev–Trinajstić information content (AvgIpc) is 3.34. The van der Waals surface area contributed by atoms with Crippen molar-refractivity contribution < 1.29 is 4.79 Å². The lowest BCUT2D eigenvalue weighted by Gasteiger charge is -2.20. The monoisotopic (exact) mass is 491 g/mol. The SMILES string of the molecule is CNc1ccc(-n2ccnc2C(Cc2ccccc2)NC(=O)NSCc2cccc(Cl)c2)cc1. The molecular formula is C26H26ClN5OS. The Kier molecular flexibility index (Phi) is 8.12. The van der Waals surface area contributed by atoms with Gasteiger partial charge < -0.3 is 15.2 Å². The second kappa shape index (κ2) is 11.6. The van der Waals surface area contributed by atoms with Crippen LogP contribution in [-0.2, 0) is 12.2 Å². The molecule has 0 radical (unpaired) electrons. The Morgan fingerprint density at radius 2 is 1.79 bits per heavy atom. The topological polar surface area (TPSA) is 71.0 Å². The third kappa shape index (κ3) is 6.34. The van der Waals surface area contributed by atoms with Crippen LogP contribution >= 0.6 is 23.5 Å². The Balaban J connectivity index is 1.49. The lowest BCUT2D eigenvalue weighted by molar-refractivity contribution is 0.242. The second-order valence-electron chi connectivity index (χ2n) is 7.69. The first-order valence-corrected chi connectivity index (χ1v) is 12.3. The number of hydrogen-bond donors (Lipinski definition) is 3. The number of urea groups is 1. The number of benzene rings is 3. The molecule has 4 aromatic rings. The zero-order valence-corrected chi connectivity index (χ0v) is 20.3. The number of hydrogen-bond acceptors (Lipinski definition) is 4. The van der Waals surface area contributed by atoms with Crippen molar-refractivity contribution in [1.29, 1.82) is 0 Å². The standard InChI is InChI=1S/C26H26ClN5OS/c1-28-22-10-12-23(13-11-22)32-15-14-29-25(32)24(17-19-6-3-2-4-7-19)30-26(33)31-34-18-20-8-5-9-21(27)16-20/h2-16,24,28H,17-18H2,1H3,(H2,30,31,33). The molecule has 34 heavy (non-hydrogen) atoms. The van der Waals surface area contributed by atoms with E-state index in [9.17, 15) is 4.79 Å². The summed E-state index contributed by atoms with van der Waals surface area (Å²) in [5.74, 6) is 1.38. The van der Waals surface area contributed by atoms with Crippen LogP contribution in [0.5, 0.6) is 0 Å². The predicted octanol–water partition coefficient (Wildman–Crippen LogP) is 6.00. The molecule has 0 fully saturated rings. The van der Waals surface area contributed by atoms with E-state index in [4.69, 9.17) is 11.6 Å². The van der Waals surface area contributed by atoms with Gasteiger partial charge in [-0.05, 0) is 65.9 Å². The van der Waals surface area contributed by atoms with Crippen molar-refractivity contribution in [2.24, 2.45) is 0 Å². The Hall–Kier alpha value is -3.42. The molecule has 6 nitrogen and oxygen atoms in total. The summed E-state index contributed by atoms with van der Waals surface area (Å²) in [5, 5.41) is 6.92. The third-order valence-corrected chi connectivity index (χ3v) is 6.34. The fraction of sp³-hybridized carbons (Fsp3) is 0.154. The molecule has 1 heterocycles. The zero-order valence-electron chi connectivity index (χ0n) is 18.7. The van der Waals surface area contributed by atoms with Crippen LogP contribution in [0.25, 0.3) is 5.69 Å². The van der Waals surface area contributed by atoms with Gasteiger partial charge in [-0.25, -0.2) is 9.78 Å². The van der Waals surface area contributed by atoms with Gasteiger partial charge in [0.25, 0.3) is 0 Å². The summed E-state index contributed by atoms with van der Waals surface area (Å²) in [6, 6.07) is 25.2. The normalized spacial score (nSPS) is 11.6. The van der Waals surface area contributed by atoms with Crippen LogP contribution in [0.4, 0.5) is 10.5 Å². The molecule has 3 aromatic carbocycles. The van der Waals surface area contributed by atoms with E-state index >= 15 is 0 Å². The van der Waals surface area contributed by atoms with Gasteiger partial charge in [0.15, 0.2) is 0 Å². The van der Waals surface area contributed by atoms with Gasteiger partial charge >= 0.3 is 6.03 Å². The first-order chi connectivity index (χ1) is 16.6. The molecule has 2 amide bonds. The number of imidazole rings is 1. The average molecular weight is 492 g/mol. The highest BCUT2D eigenvalue weighted by Gasteiger charge is 2.21. The zero-order chi connectivity index (χ0) is 23.8. The molecular weight excluding hydrogens is 466 g/mol. The number of carbonyl (C=O) groups is 1. The van der Waals surface area contributed by atoms with Crippen LogP contribution in [0.3, 0.4) is 0 Å². The van der Waals surface area contributed by atoms with Crippen LogP contribution in [0.1, 0.15) is 23.0 Å². The molecule has 0 spiro atoms. The second-order valence-corrected chi connectivity index (χ2v) is 8.91. The highest BCUT2D eigenvalue weighted by Crippen LogP contribution is 2.22. The fourth-order valence-electron chi connectivity index (χ4n) is 3.64. The van der Waals surface area contributed by atoms with E-state index in [2.05, 4.69) is 32.5 Å². The van der Waals surface area contributed by atoms with Gasteiger partial charge in [0.05, 0.1) is 6.04 Å². The number of aromatic nitrogens is 2. The van der Waals surface area contributed by atoms with E-state index in [1.807, 2.05) is 84.5 Å². The van der Waals surface area contributed by atoms with E-state index in [1.165, 1.54) is 11.9 Å². The molecule has 1 aromatic heterocycles. The van der Waals surface area contributed by atoms with Gasteiger partial charge in [-0.1, -0.05) is 54.1 Å². The minimum Gasteiger partial charge on any atom is -0.388 e. The first kappa shape index (κ1) is 23.7. The highest BCUT2D eigenvalue weighted by molar-refractivity contribution is 7.97. The number of nitrogens with zero attached hydrogens (tertiary/aromatic N) is 2. The smallest absolute Gasteiger partial charge is 0.325 e. The Morgan fingerprint density at radius 1 is 1.03 bits per heavy atom. The summed E-state index contributed by atoms with van der Waals surface area (Å²) >= 11 is 7.37. The number of halogens is 1. The van der Waals surface area contributed by atoms with Gasteiger partial charge in [0.2, 0.25) is 0 Å². The minimum absolute atomic E-state index is 0.270. The van der Waals surface area contributed by atoms with Gasteiger partial charge in [-0.3, -0.25) is 4.72 Å². The molecule has 0 saturated heterocycles. The molecule has 1 atom stereocenters. The predicted molar refractivity (Wildman–Crippen MR) is 140 cm³/mol. The number of nitrogens with one attached hydrogen (secondary N) is 3. The molecule has 8 heteroatoms. The molecule has 0 bridgehead atoms. The van der Waals surface area contributed by atoms with E-state index in [0.717, 1.165) is 28.3 Å². The van der Waals surface area contributed by atoms with Crippen LogP contribution in [0.15, 0.2) is 91.3 Å². The van der Waals surface area contributed by atoms with Crippen molar-refractivity contribution >= 4 is 35.3 Å². The molecule has 3 N–H and O–H groups in total. The number of anilines is 1. The quantitative estimate of drug-likeness (QED) is 0.251. The lowest BCUT2D eigenvalue weighted by Crippen LogP contribution is -2.37. The maximum absolute atomic E-state index is 12.8. The molecule has 174 valence electrons. The Morgan fingerprint density at radius 3 is 2.53 bits per heavy atom. The lowest BCUT2D eigenvalue weighted by atomic mass is 10.1. The molecule has 0 saturated carbocycles. The number of carbonyl (C=O) groups excluding carboxylic acids is 1. The van der Waals surface area contributed by atoms with Crippen LogP contribution in [0.2, 0.25) is 5.02 Å². The summed E-state index contributed by atoms with van der Waals surface area (Å²) in [5.41, 5.74) is 4.15. The first-order valence-electron chi connectivity index (χ1n) is 10.9. The number of rotatable bonds is 9. The van der Waals surface area contributed by atoms with Crippen molar-refractivity contribution in [3.8, 4) is 5.69 Å². The van der Waals surface area contributed by atoms with Crippen LogP contribution in [-0.4, -0.2) is 22.6 Å². The Labute approximate surface area is 208 Å². The summed E-state index contributed by atoms with van der Waals surface area (Å²) in [7, 11) is 1.89. The van der Waals surface area contributed by atoms with Crippen molar-refractivity contribution in [2.45, 2.75) is 18.2 Å². The van der Waals surface area contributed by atoms with Gasteiger partial charge in [-0.2, -0.15) is 0 Å². The van der Waals surface area contributed by atoms with E-state index in [0.29, 0.717) is 17.2 Å². The maximum Gasteiger partial charge on any atom is 0.325 e. The van der Waals surface area contributed by atoms with E-state index in [-0.39, 0.29) is 12.1 Å². The van der Waals surface area contributed by atoms with Gasteiger partial charge in [0, 0.05) is 41.6 Å². The van der Waals surface area contributed by atoms with Crippen molar-refractivity contribution in [3.63, 3.8) is 0 Å².